The fraction of sp³-hybridized carbons (Fsp3) is 0.409. The molecule has 0 aromatic heterocycles. The van der Waals surface area contributed by atoms with Crippen molar-refractivity contribution in [2.75, 3.05) is 5.75 Å². The van der Waals surface area contributed by atoms with Crippen LogP contribution in [0.2, 0.25) is 0 Å². The van der Waals surface area contributed by atoms with Gasteiger partial charge in [0.05, 0.1) is 11.7 Å². The van der Waals surface area contributed by atoms with Crippen molar-refractivity contribution in [3.05, 3.63) is 65.7 Å². The summed E-state index contributed by atoms with van der Waals surface area (Å²) in [5.74, 6) is 0.115. The molecule has 0 aliphatic heterocycles. The lowest BCUT2D eigenvalue weighted by Crippen LogP contribution is -2.39. The second-order valence-corrected chi connectivity index (χ2v) is 8.86. The highest BCUT2D eigenvalue weighted by molar-refractivity contribution is 7.87. The van der Waals surface area contributed by atoms with E-state index in [2.05, 4.69) is 0 Å². The molecule has 0 aliphatic rings. The quantitative estimate of drug-likeness (QED) is 0.584. The van der Waals surface area contributed by atoms with Crippen LogP contribution in [0.15, 0.2) is 54.6 Å². The molecule has 2 aromatic carbocycles. The smallest absolute Gasteiger partial charge is 0.308 e. The van der Waals surface area contributed by atoms with Crippen LogP contribution in [0.4, 0.5) is 0 Å². The molecule has 5 nitrogen and oxygen atoms in total. The van der Waals surface area contributed by atoms with E-state index in [4.69, 9.17) is 4.18 Å². The van der Waals surface area contributed by atoms with Crippen molar-refractivity contribution in [1.82, 2.24) is 4.90 Å². The van der Waals surface area contributed by atoms with E-state index >= 15 is 0 Å². The Bertz CT molecular complexity index is 861. The highest BCUT2D eigenvalue weighted by atomic mass is 32.2. The Morgan fingerprint density at radius 2 is 1.61 bits per heavy atom. The molecule has 0 bridgehead atoms. The van der Waals surface area contributed by atoms with Gasteiger partial charge in [-0.05, 0) is 50.5 Å². The van der Waals surface area contributed by atoms with E-state index in [1.165, 1.54) is 6.92 Å². The van der Waals surface area contributed by atoms with Gasteiger partial charge in [0, 0.05) is 12.6 Å². The van der Waals surface area contributed by atoms with Crippen LogP contribution in [0.5, 0.6) is 5.75 Å². The van der Waals surface area contributed by atoms with Crippen LogP contribution in [0.3, 0.4) is 0 Å². The third kappa shape index (κ3) is 5.83. The Morgan fingerprint density at radius 3 is 2.11 bits per heavy atom. The number of hydrogen-bond donors (Lipinski definition) is 0. The zero-order valence-electron chi connectivity index (χ0n) is 17.0. The maximum Gasteiger partial charge on any atom is 0.308 e. The molecule has 28 heavy (non-hydrogen) atoms. The molecule has 152 valence electrons. The minimum Gasteiger partial charge on any atom is -0.382 e. The van der Waals surface area contributed by atoms with Gasteiger partial charge in [0.2, 0.25) is 5.91 Å². The first-order chi connectivity index (χ1) is 13.3. The van der Waals surface area contributed by atoms with Gasteiger partial charge in [-0.25, -0.2) is 0 Å². The molecule has 0 saturated carbocycles. The summed E-state index contributed by atoms with van der Waals surface area (Å²) in [4.78, 5) is 15.1. The SMILES string of the molecule is CCC(C(=O)N(Cc1ccc(OS(=O)(=O)CC)cc1)C(C)C)c1ccccc1. The third-order valence-corrected chi connectivity index (χ3v) is 5.82. The van der Waals surface area contributed by atoms with Crippen molar-refractivity contribution in [2.24, 2.45) is 0 Å². The van der Waals surface area contributed by atoms with E-state index < -0.39 is 10.1 Å². The molecule has 1 unspecified atom stereocenters. The number of amides is 1. The average molecular weight is 404 g/mol. The predicted octanol–water partition coefficient (Wildman–Crippen LogP) is 4.35. The Morgan fingerprint density at radius 1 is 1.00 bits per heavy atom. The van der Waals surface area contributed by atoms with Gasteiger partial charge in [0.1, 0.15) is 5.75 Å². The van der Waals surface area contributed by atoms with Crippen LogP contribution in [-0.4, -0.2) is 31.0 Å². The number of carbonyl (C=O) groups excluding carboxylic acids is 1. The highest BCUT2D eigenvalue weighted by Gasteiger charge is 2.26. The van der Waals surface area contributed by atoms with Crippen LogP contribution in [0.25, 0.3) is 0 Å². The van der Waals surface area contributed by atoms with Crippen molar-refractivity contribution >= 4 is 16.0 Å². The monoisotopic (exact) mass is 403 g/mol. The highest BCUT2D eigenvalue weighted by Crippen LogP contribution is 2.25. The van der Waals surface area contributed by atoms with Crippen molar-refractivity contribution in [1.29, 1.82) is 0 Å². The van der Waals surface area contributed by atoms with Crippen LogP contribution in [0, 0.1) is 0 Å². The minimum atomic E-state index is -3.55. The van der Waals surface area contributed by atoms with Crippen LogP contribution >= 0.6 is 0 Å². The van der Waals surface area contributed by atoms with E-state index in [1.54, 1.807) is 24.3 Å². The van der Waals surface area contributed by atoms with Crippen molar-refractivity contribution in [3.8, 4) is 5.75 Å². The van der Waals surface area contributed by atoms with Crippen molar-refractivity contribution in [2.45, 2.75) is 52.6 Å². The summed E-state index contributed by atoms with van der Waals surface area (Å²) in [6.07, 6.45) is 0.730. The number of carbonyl (C=O) groups is 1. The number of nitrogens with zero attached hydrogens (tertiary/aromatic N) is 1. The normalized spacial score (nSPS) is 12.6. The Kier molecular flexibility index (Phi) is 7.63. The van der Waals surface area contributed by atoms with E-state index in [9.17, 15) is 13.2 Å². The van der Waals surface area contributed by atoms with E-state index in [0.717, 1.165) is 17.5 Å². The summed E-state index contributed by atoms with van der Waals surface area (Å²) in [6.45, 7) is 8.02. The molecule has 0 saturated heterocycles. The van der Waals surface area contributed by atoms with Crippen LogP contribution < -0.4 is 4.18 Å². The topological polar surface area (TPSA) is 63.7 Å². The Hall–Kier alpha value is -2.34. The van der Waals surface area contributed by atoms with Gasteiger partial charge in [0.15, 0.2) is 0 Å². The van der Waals surface area contributed by atoms with E-state index in [-0.39, 0.29) is 29.4 Å². The predicted molar refractivity (Wildman–Crippen MR) is 112 cm³/mol. The molecule has 2 rings (SSSR count). The lowest BCUT2D eigenvalue weighted by atomic mass is 9.94. The molecule has 2 aromatic rings. The maximum atomic E-state index is 13.2. The molecular weight excluding hydrogens is 374 g/mol. The van der Waals surface area contributed by atoms with Crippen molar-refractivity contribution in [3.63, 3.8) is 0 Å². The minimum absolute atomic E-state index is 0.0432. The molecule has 0 heterocycles. The van der Waals surface area contributed by atoms with E-state index in [1.807, 2.05) is 56.0 Å². The second-order valence-electron chi connectivity index (χ2n) is 7.01. The first kappa shape index (κ1) is 22.0. The maximum absolute atomic E-state index is 13.2. The summed E-state index contributed by atoms with van der Waals surface area (Å²) in [5, 5.41) is 0. The van der Waals surface area contributed by atoms with Gasteiger partial charge in [-0.2, -0.15) is 8.42 Å². The van der Waals surface area contributed by atoms with E-state index in [0.29, 0.717) is 6.54 Å². The third-order valence-electron chi connectivity index (χ3n) is 4.67. The zero-order valence-corrected chi connectivity index (χ0v) is 17.8. The van der Waals surface area contributed by atoms with Crippen LogP contribution in [-0.2, 0) is 21.5 Å². The summed E-state index contributed by atoms with van der Waals surface area (Å²) in [6, 6.07) is 16.7. The lowest BCUT2D eigenvalue weighted by molar-refractivity contribution is -0.135. The molecule has 0 aliphatic carbocycles. The van der Waals surface area contributed by atoms with Gasteiger partial charge in [-0.3, -0.25) is 4.79 Å². The van der Waals surface area contributed by atoms with Gasteiger partial charge in [-0.1, -0.05) is 49.4 Å². The number of benzene rings is 2. The Labute approximate surface area is 168 Å². The standard InChI is InChI=1S/C22H29NO4S/c1-5-21(19-10-8-7-9-11-19)22(24)23(17(3)4)16-18-12-14-20(15-13-18)27-28(25,26)6-2/h7-15,17,21H,5-6,16H2,1-4H3. The number of rotatable bonds is 9. The average Bonchev–Trinajstić information content (AvgIpc) is 2.68. The van der Waals surface area contributed by atoms with Gasteiger partial charge in [-0.15, -0.1) is 0 Å². The first-order valence-corrected chi connectivity index (χ1v) is 11.2. The fourth-order valence-electron chi connectivity index (χ4n) is 3.01. The molecule has 0 spiro atoms. The molecular formula is C22H29NO4S. The second kappa shape index (κ2) is 9.73. The summed E-state index contributed by atoms with van der Waals surface area (Å²) in [5.41, 5.74) is 1.94. The van der Waals surface area contributed by atoms with Crippen molar-refractivity contribution < 1.29 is 17.4 Å². The molecule has 0 radical (unpaired) electrons. The van der Waals surface area contributed by atoms with Gasteiger partial charge >= 0.3 is 10.1 Å². The molecule has 0 N–H and O–H groups in total. The molecule has 6 heteroatoms. The number of hydrogen-bond acceptors (Lipinski definition) is 4. The lowest BCUT2D eigenvalue weighted by Gasteiger charge is -2.31. The fourth-order valence-corrected chi connectivity index (χ4v) is 3.53. The van der Waals surface area contributed by atoms with Gasteiger partial charge in [0.25, 0.3) is 0 Å². The molecule has 0 fully saturated rings. The van der Waals surface area contributed by atoms with Gasteiger partial charge < -0.3 is 9.08 Å². The molecule has 1 atom stereocenters. The summed E-state index contributed by atoms with van der Waals surface area (Å²) < 4.78 is 28.2. The molecule has 1 amide bonds. The first-order valence-electron chi connectivity index (χ1n) is 9.64. The summed E-state index contributed by atoms with van der Waals surface area (Å²) >= 11 is 0. The zero-order chi connectivity index (χ0) is 20.7. The Balaban J connectivity index is 2.17. The van der Waals surface area contributed by atoms with Crippen LogP contribution in [0.1, 0.15) is 51.2 Å². The largest absolute Gasteiger partial charge is 0.382 e. The summed E-state index contributed by atoms with van der Waals surface area (Å²) in [7, 11) is -3.55.